The summed E-state index contributed by atoms with van der Waals surface area (Å²) in [4.78, 5) is 2.14. The van der Waals surface area contributed by atoms with Crippen LogP contribution in [0, 0.1) is 0 Å². The van der Waals surface area contributed by atoms with Crippen molar-refractivity contribution in [1.29, 1.82) is 0 Å². The van der Waals surface area contributed by atoms with E-state index < -0.39 is 0 Å². The normalized spacial score (nSPS) is 10.3. The summed E-state index contributed by atoms with van der Waals surface area (Å²) in [5, 5.41) is 8.02. The molecule has 2 rings (SSSR count). The molecule has 0 amide bonds. The van der Waals surface area contributed by atoms with Gasteiger partial charge in [0.05, 0.1) is 11.9 Å². The lowest BCUT2D eigenvalue weighted by atomic mass is 10.1. The lowest BCUT2D eigenvalue weighted by molar-refractivity contribution is 0.782. The lowest BCUT2D eigenvalue weighted by Crippen LogP contribution is -2.19. The van der Waals surface area contributed by atoms with E-state index in [1.807, 2.05) is 19.2 Å². The van der Waals surface area contributed by atoms with Crippen LogP contribution >= 0.6 is 11.6 Å². The summed E-state index contributed by atoms with van der Waals surface area (Å²) in [7, 11) is 2.04. The molecule has 1 heterocycles. The van der Waals surface area contributed by atoms with E-state index in [9.17, 15) is 0 Å². The molecule has 0 aliphatic rings. The van der Waals surface area contributed by atoms with Crippen molar-refractivity contribution in [3.8, 4) is 0 Å². The standard InChI is InChI=1S/C14H16ClN3/c1-18(13-10-14(15)17-16-11-13)9-5-8-12-6-3-2-4-7-12/h2-4,6-7,10-11H,5,8-9H2,1H3. The number of hydrogen-bond donors (Lipinski definition) is 0. The average molecular weight is 262 g/mol. The van der Waals surface area contributed by atoms with Crippen molar-refractivity contribution in [3.05, 3.63) is 53.3 Å². The summed E-state index contributed by atoms with van der Waals surface area (Å²) in [5.74, 6) is 0. The number of anilines is 1. The Bertz CT molecular complexity index is 487. The third-order valence-electron chi connectivity index (χ3n) is 2.85. The van der Waals surface area contributed by atoms with Crippen molar-refractivity contribution >= 4 is 17.3 Å². The molecule has 94 valence electrons. The summed E-state index contributed by atoms with van der Waals surface area (Å²) in [6.45, 7) is 0.969. The molecule has 0 aliphatic carbocycles. The fourth-order valence-electron chi connectivity index (χ4n) is 1.83. The predicted molar refractivity (Wildman–Crippen MR) is 75.1 cm³/mol. The highest BCUT2D eigenvalue weighted by molar-refractivity contribution is 6.29. The van der Waals surface area contributed by atoms with Crippen LogP contribution in [0.25, 0.3) is 0 Å². The Morgan fingerprint density at radius 2 is 2.00 bits per heavy atom. The van der Waals surface area contributed by atoms with E-state index in [0.29, 0.717) is 5.15 Å². The van der Waals surface area contributed by atoms with Gasteiger partial charge in [-0.1, -0.05) is 41.9 Å². The molecular formula is C14H16ClN3. The van der Waals surface area contributed by atoms with Gasteiger partial charge in [-0.3, -0.25) is 0 Å². The maximum absolute atomic E-state index is 5.82. The molecule has 0 fully saturated rings. The van der Waals surface area contributed by atoms with Gasteiger partial charge >= 0.3 is 0 Å². The van der Waals surface area contributed by atoms with Gasteiger partial charge in [0, 0.05) is 19.7 Å². The first-order valence-corrected chi connectivity index (χ1v) is 6.37. The van der Waals surface area contributed by atoms with E-state index in [0.717, 1.165) is 25.1 Å². The SMILES string of the molecule is CN(CCCc1ccccc1)c1cnnc(Cl)c1. The van der Waals surface area contributed by atoms with Crippen molar-refractivity contribution in [2.24, 2.45) is 0 Å². The molecule has 18 heavy (non-hydrogen) atoms. The molecule has 0 atom stereocenters. The fraction of sp³-hybridized carbons (Fsp3) is 0.286. The minimum Gasteiger partial charge on any atom is -0.373 e. The Morgan fingerprint density at radius 1 is 1.22 bits per heavy atom. The number of rotatable bonds is 5. The minimum absolute atomic E-state index is 0.433. The van der Waals surface area contributed by atoms with Crippen LogP contribution in [0.3, 0.4) is 0 Å². The first-order chi connectivity index (χ1) is 8.75. The maximum Gasteiger partial charge on any atom is 0.153 e. The average Bonchev–Trinajstić information content (AvgIpc) is 2.40. The summed E-state index contributed by atoms with van der Waals surface area (Å²) in [5.41, 5.74) is 2.37. The Balaban J connectivity index is 1.83. The number of aryl methyl sites for hydroxylation is 1. The molecule has 0 spiro atoms. The molecule has 2 aromatic rings. The Kier molecular flexibility index (Phi) is 4.53. The topological polar surface area (TPSA) is 29.0 Å². The largest absolute Gasteiger partial charge is 0.373 e. The maximum atomic E-state index is 5.82. The number of benzene rings is 1. The second-order valence-corrected chi connectivity index (χ2v) is 4.63. The van der Waals surface area contributed by atoms with Gasteiger partial charge in [-0.25, -0.2) is 0 Å². The molecule has 0 N–H and O–H groups in total. The Labute approximate surface area is 112 Å². The van der Waals surface area contributed by atoms with Crippen LogP contribution in [-0.4, -0.2) is 23.8 Å². The summed E-state index contributed by atoms with van der Waals surface area (Å²) < 4.78 is 0. The molecule has 0 unspecified atom stereocenters. The van der Waals surface area contributed by atoms with Gasteiger partial charge in [0.15, 0.2) is 5.15 Å². The zero-order chi connectivity index (χ0) is 12.8. The number of hydrogen-bond acceptors (Lipinski definition) is 3. The zero-order valence-corrected chi connectivity index (χ0v) is 11.1. The number of halogens is 1. The van der Waals surface area contributed by atoms with E-state index in [1.165, 1.54) is 5.56 Å². The zero-order valence-electron chi connectivity index (χ0n) is 10.4. The highest BCUT2D eigenvalue weighted by atomic mass is 35.5. The molecule has 3 nitrogen and oxygen atoms in total. The van der Waals surface area contributed by atoms with Crippen molar-refractivity contribution in [1.82, 2.24) is 10.2 Å². The van der Waals surface area contributed by atoms with Crippen molar-refractivity contribution < 1.29 is 0 Å². The summed E-state index contributed by atoms with van der Waals surface area (Å²) in [6.07, 6.45) is 3.91. The molecule has 1 aromatic heterocycles. The van der Waals surface area contributed by atoms with E-state index >= 15 is 0 Å². The Hall–Kier alpha value is -1.61. The summed E-state index contributed by atoms with van der Waals surface area (Å²) in [6, 6.07) is 12.3. The van der Waals surface area contributed by atoms with Gasteiger partial charge in [0.2, 0.25) is 0 Å². The van der Waals surface area contributed by atoms with Crippen LogP contribution in [0.5, 0.6) is 0 Å². The smallest absolute Gasteiger partial charge is 0.153 e. The molecule has 0 saturated heterocycles. The first kappa shape index (κ1) is 12.8. The van der Waals surface area contributed by atoms with Gasteiger partial charge in [0.25, 0.3) is 0 Å². The van der Waals surface area contributed by atoms with Crippen molar-refractivity contribution in [2.45, 2.75) is 12.8 Å². The highest BCUT2D eigenvalue weighted by Crippen LogP contribution is 2.15. The quantitative estimate of drug-likeness (QED) is 0.828. The molecule has 0 aliphatic heterocycles. The van der Waals surface area contributed by atoms with E-state index in [2.05, 4.69) is 39.4 Å². The van der Waals surface area contributed by atoms with Gasteiger partial charge in [0.1, 0.15) is 0 Å². The third kappa shape index (κ3) is 3.70. The van der Waals surface area contributed by atoms with Gasteiger partial charge in [-0.15, -0.1) is 5.10 Å². The molecule has 4 heteroatoms. The monoisotopic (exact) mass is 261 g/mol. The minimum atomic E-state index is 0.433. The van der Waals surface area contributed by atoms with Crippen LogP contribution in [0.15, 0.2) is 42.6 Å². The van der Waals surface area contributed by atoms with Crippen LogP contribution in [-0.2, 0) is 6.42 Å². The molecule has 1 aromatic carbocycles. The lowest BCUT2D eigenvalue weighted by Gasteiger charge is -2.18. The Morgan fingerprint density at radius 3 is 2.72 bits per heavy atom. The molecular weight excluding hydrogens is 246 g/mol. The van der Waals surface area contributed by atoms with Crippen LogP contribution in [0.1, 0.15) is 12.0 Å². The van der Waals surface area contributed by atoms with Gasteiger partial charge < -0.3 is 4.90 Å². The predicted octanol–water partition coefficient (Wildman–Crippen LogP) is 3.20. The number of aromatic nitrogens is 2. The van der Waals surface area contributed by atoms with Crippen molar-refractivity contribution in [3.63, 3.8) is 0 Å². The summed E-state index contributed by atoms with van der Waals surface area (Å²) >= 11 is 5.82. The third-order valence-corrected chi connectivity index (χ3v) is 3.04. The number of nitrogens with zero attached hydrogens (tertiary/aromatic N) is 3. The second kappa shape index (κ2) is 6.36. The molecule has 0 bridgehead atoms. The van der Waals surface area contributed by atoms with Crippen LogP contribution in [0.4, 0.5) is 5.69 Å². The highest BCUT2D eigenvalue weighted by Gasteiger charge is 2.02. The molecule has 0 saturated carbocycles. The van der Waals surface area contributed by atoms with E-state index in [4.69, 9.17) is 11.6 Å². The first-order valence-electron chi connectivity index (χ1n) is 5.99. The van der Waals surface area contributed by atoms with Crippen LogP contribution < -0.4 is 4.90 Å². The van der Waals surface area contributed by atoms with Crippen LogP contribution in [0.2, 0.25) is 5.15 Å². The van der Waals surface area contributed by atoms with Gasteiger partial charge in [-0.05, 0) is 18.4 Å². The van der Waals surface area contributed by atoms with Crippen molar-refractivity contribution in [2.75, 3.05) is 18.5 Å². The molecule has 0 radical (unpaired) electrons. The van der Waals surface area contributed by atoms with E-state index in [1.54, 1.807) is 6.20 Å². The fourth-order valence-corrected chi connectivity index (χ4v) is 1.99. The second-order valence-electron chi connectivity index (χ2n) is 4.25. The van der Waals surface area contributed by atoms with E-state index in [-0.39, 0.29) is 0 Å². The van der Waals surface area contributed by atoms with Gasteiger partial charge in [-0.2, -0.15) is 5.10 Å².